The number of Topliss-reactive ketones (excluding diaryl/α,β-unsaturated/α-hetero) is 1. The lowest BCUT2D eigenvalue weighted by molar-refractivity contribution is -0.135. The third-order valence-electron chi connectivity index (χ3n) is 3.87. The van der Waals surface area contributed by atoms with Crippen molar-refractivity contribution >= 4 is 17.4 Å². The number of carbonyl (C=O) groups is 2. The van der Waals surface area contributed by atoms with Crippen molar-refractivity contribution < 1.29 is 9.59 Å². The van der Waals surface area contributed by atoms with E-state index in [1.165, 1.54) is 0 Å². The van der Waals surface area contributed by atoms with E-state index in [2.05, 4.69) is 6.07 Å². The highest BCUT2D eigenvalue weighted by atomic mass is 16.2. The van der Waals surface area contributed by atoms with Crippen LogP contribution in [0.15, 0.2) is 18.2 Å². The van der Waals surface area contributed by atoms with Crippen LogP contribution in [0.4, 0.5) is 5.69 Å². The number of hydrogen-bond acceptors (Lipinski definition) is 2. The summed E-state index contributed by atoms with van der Waals surface area (Å²) in [6.07, 6.45) is 1.58. The van der Waals surface area contributed by atoms with Crippen molar-refractivity contribution in [2.75, 3.05) is 11.4 Å². The van der Waals surface area contributed by atoms with Crippen molar-refractivity contribution in [2.24, 2.45) is 11.8 Å². The third kappa shape index (κ3) is 2.92. The summed E-state index contributed by atoms with van der Waals surface area (Å²) in [5, 5.41) is 0. The number of benzene rings is 1. The number of hydrogen-bond donors (Lipinski definition) is 0. The molecule has 2 rings (SSSR count). The lowest BCUT2D eigenvalue weighted by Crippen LogP contribution is -2.45. The average molecular weight is 273 g/mol. The zero-order valence-electron chi connectivity index (χ0n) is 12.8. The quantitative estimate of drug-likeness (QED) is 0.793. The number of amides is 1. The molecule has 1 atom stereocenters. The van der Waals surface area contributed by atoms with Gasteiger partial charge in [-0.25, -0.2) is 0 Å². The summed E-state index contributed by atoms with van der Waals surface area (Å²) >= 11 is 0. The van der Waals surface area contributed by atoms with Gasteiger partial charge in [0.1, 0.15) is 5.78 Å². The van der Waals surface area contributed by atoms with E-state index in [1.54, 1.807) is 4.90 Å². The Balaban J connectivity index is 2.28. The summed E-state index contributed by atoms with van der Waals surface area (Å²) in [7, 11) is 0. The molecule has 1 fully saturated rings. The van der Waals surface area contributed by atoms with Gasteiger partial charge in [-0.05, 0) is 49.9 Å². The summed E-state index contributed by atoms with van der Waals surface area (Å²) in [6, 6.07) is 6.13. The smallest absolute Gasteiger partial charge is 0.237 e. The number of piperidine rings is 1. The first kappa shape index (κ1) is 14.8. The van der Waals surface area contributed by atoms with Crippen LogP contribution in [0.1, 0.15) is 37.8 Å². The highest BCUT2D eigenvalue weighted by molar-refractivity contribution is 6.09. The molecular formula is C17H23NO2. The van der Waals surface area contributed by atoms with Gasteiger partial charge in [0, 0.05) is 18.2 Å². The molecule has 0 N–H and O–H groups in total. The minimum Gasteiger partial charge on any atom is -0.312 e. The van der Waals surface area contributed by atoms with E-state index in [0.29, 0.717) is 13.0 Å². The van der Waals surface area contributed by atoms with E-state index in [0.717, 1.165) is 23.2 Å². The second-order valence-electron chi connectivity index (χ2n) is 6.09. The van der Waals surface area contributed by atoms with Crippen LogP contribution in [0.2, 0.25) is 0 Å². The fraction of sp³-hybridized carbons (Fsp3) is 0.529. The highest BCUT2D eigenvalue weighted by Gasteiger charge is 2.35. The maximum absolute atomic E-state index is 12.6. The molecule has 1 amide bonds. The summed E-state index contributed by atoms with van der Waals surface area (Å²) in [4.78, 5) is 26.6. The molecule has 0 aromatic heterocycles. The predicted octanol–water partition coefficient (Wildman–Crippen LogP) is 3.27. The van der Waals surface area contributed by atoms with Crippen molar-refractivity contribution in [3.8, 4) is 0 Å². The maximum atomic E-state index is 12.6. The zero-order valence-corrected chi connectivity index (χ0v) is 12.8. The molecule has 1 aliphatic rings. The van der Waals surface area contributed by atoms with Gasteiger partial charge in [-0.3, -0.25) is 9.59 Å². The fourth-order valence-corrected chi connectivity index (χ4v) is 2.90. The summed E-state index contributed by atoms with van der Waals surface area (Å²) < 4.78 is 0. The standard InChI is InChI=1S/C17H23NO2/c1-11(2)16(19)15-6-5-7-18(17(15)20)14-9-12(3)8-13(4)10-14/h8-11,15H,5-7H2,1-4H3/t15-/m0/s1. The maximum Gasteiger partial charge on any atom is 0.237 e. The van der Waals surface area contributed by atoms with Gasteiger partial charge in [0.15, 0.2) is 0 Å². The number of ketones is 1. The van der Waals surface area contributed by atoms with Gasteiger partial charge in [0.2, 0.25) is 5.91 Å². The Hall–Kier alpha value is -1.64. The van der Waals surface area contributed by atoms with Crippen molar-refractivity contribution in [2.45, 2.75) is 40.5 Å². The Labute approximate surface area is 121 Å². The first-order valence-electron chi connectivity index (χ1n) is 7.33. The lowest BCUT2D eigenvalue weighted by atomic mass is 9.87. The molecule has 1 aliphatic heterocycles. The summed E-state index contributed by atoms with van der Waals surface area (Å²) in [5.74, 6) is -0.489. The van der Waals surface area contributed by atoms with E-state index in [4.69, 9.17) is 0 Å². The first-order valence-corrected chi connectivity index (χ1v) is 7.33. The Kier molecular flexibility index (Phi) is 4.26. The second kappa shape index (κ2) is 5.78. The van der Waals surface area contributed by atoms with E-state index < -0.39 is 5.92 Å². The van der Waals surface area contributed by atoms with Crippen LogP contribution in [-0.2, 0) is 9.59 Å². The molecule has 0 saturated carbocycles. The van der Waals surface area contributed by atoms with E-state index in [9.17, 15) is 9.59 Å². The van der Waals surface area contributed by atoms with Crippen LogP contribution in [0.3, 0.4) is 0 Å². The summed E-state index contributed by atoms with van der Waals surface area (Å²) in [6.45, 7) is 8.50. The molecule has 0 radical (unpaired) electrons. The van der Waals surface area contributed by atoms with Crippen molar-refractivity contribution in [1.29, 1.82) is 0 Å². The first-order chi connectivity index (χ1) is 9.40. The second-order valence-corrected chi connectivity index (χ2v) is 6.09. The van der Waals surface area contributed by atoms with Gasteiger partial charge in [-0.1, -0.05) is 19.9 Å². The van der Waals surface area contributed by atoms with Gasteiger partial charge in [-0.2, -0.15) is 0 Å². The Morgan fingerprint density at radius 2 is 1.80 bits per heavy atom. The Morgan fingerprint density at radius 3 is 2.35 bits per heavy atom. The predicted molar refractivity (Wildman–Crippen MR) is 80.8 cm³/mol. The van der Waals surface area contributed by atoms with E-state index >= 15 is 0 Å². The monoisotopic (exact) mass is 273 g/mol. The zero-order chi connectivity index (χ0) is 14.9. The van der Waals surface area contributed by atoms with Crippen molar-refractivity contribution in [3.05, 3.63) is 29.3 Å². The van der Waals surface area contributed by atoms with Gasteiger partial charge in [0.05, 0.1) is 5.92 Å². The molecule has 1 heterocycles. The Bertz CT molecular complexity index is 514. The van der Waals surface area contributed by atoms with E-state index in [-0.39, 0.29) is 17.6 Å². The SMILES string of the molecule is Cc1cc(C)cc(N2CCC[C@@H](C(=O)C(C)C)C2=O)c1. The number of rotatable bonds is 3. The summed E-state index contributed by atoms with van der Waals surface area (Å²) in [5.41, 5.74) is 3.21. The molecule has 3 nitrogen and oxygen atoms in total. The molecule has 3 heteroatoms. The number of aryl methyl sites for hydroxylation is 2. The molecule has 0 spiro atoms. The minimum absolute atomic E-state index is 0.0278. The normalized spacial score (nSPS) is 19.6. The van der Waals surface area contributed by atoms with Gasteiger partial charge >= 0.3 is 0 Å². The molecule has 1 saturated heterocycles. The molecule has 1 aromatic rings. The van der Waals surface area contributed by atoms with E-state index in [1.807, 2.05) is 39.8 Å². The van der Waals surface area contributed by atoms with Crippen LogP contribution in [-0.4, -0.2) is 18.2 Å². The molecule has 1 aromatic carbocycles. The average Bonchev–Trinajstić information content (AvgIpc) is 2.36. The molecule has 20 heavy (non-hydrogen) atoms. The largest absolute Gasteiger partial charge is 0.312 e. The lowest BCUT2D eigenvalue weighted by Gasteiger charge is -2.32. The van der Waals surface area contributed by atoms with Crippen LogP contribution < -0.4 is 4.90 Å². The minimum atomic E-state index is -0.454. The van der Waals surface area contributed by atoms with Crippen LogP contribution >= 0.6 is 0 Å². The fourth-order valence-electron chi connectivity index (χ4n) is 2.90. The van der Waals surface area contributed by atoms with Gasteiger partial charge in [-0.15, -0.1) is 0 Å². The molecule has 108 valence electrons. The van der Waals surface area contributed by atoms with Gasteiger partial charge in [0.25, 0.3) is 0 Å². The van der Waals surface area contributed by atoms with Crippen molar-refractivity contribution in [3.63, 3.8) is 0 Å². The molecule has 0 aliphatic carbocycles. The molecule has 0 unspecified atom stereocenters. The van der Waals surface area contributed by atoms with Crippen LogP contribution in [0.25, 0.3) is 0 Å². The Morgan fingerprint density at radius 1 is 1.20 bits per heavy atom. The van der Waals surface area contributed by atoms with Crippen LogP contribution in [0, 0.1) is 25.7 Å². The third-order valence-corrected chi connectivity index (χ3v) is 3.87. The molecular weight excluding hydrogens is 250 g/mol. The number of carbonyl (C=O) groups excluding carboxylic acids is 2. The van der Waals surface area contributed by atoms with Crippen molar-refractivity contribution in [1.82, 2.24) is 0 Å². The van der Waals surface area contributed by atoms with Crippen LogP contribution in [0.5, 0.6) is 0 Å². The number of anilines is 1. The topological polar surface area (TPSA) is 37.4 Å². The van der Waals surface area contributed by atoms with Gasteiger partial charge < -0.3 is 4.90 Å². The number of nitrogens with zero attached hydrogens (tertiary/aromatic N) is 1. The molecule has 0 bridgehead atoms. The highest BCUT2D eigenvalue weighted by Crippen LogP contribution is 2.28.